The minimum Gasteiger partial charge on any atom is -0.456 e. The molecule has 0 spiro atoms. The lowest BCUT2D eigenvalue weighted by atomic mass is 9.91. The number of nitrogens with zero attached hydrogens (tertiary/aromatic N) is 2. The molecule has 0 saturated heterocycles. The summed E-state index contributed by atoms with van der Waals surface area (Å²) < 4.78 is 11.7. The van der Waals surface area contributed by atoms with Gasteiger partial charge in [0.2, 0.25) is 0 Å². The third kappa shape index (κ3) is 4.44. The molecule has 3 nitrogen and oxygen atoms in total. The minimum atomic E-state index is 0.875. The summed E-state index contributed by atoms with van der Waals surface area (Å²) in [7, 11) is 0. The Morgan fingerprint density at radius 2 is 0.873 bits per heavy atom. The summed E-state index contributed by atoms with van der Waals surface area (Å²) in [5.41, 5.74) is 14.0. The molecule has 0 aliphatic carbocycles. The first-order valence-corrected chi connectivity index (χ1v) is 18.8. The highest BCUT2D eigenvalue weighted by Gasteiger charge is 2.25. The van der Waals surface area contributed by atoms with Crippen LogP contribution in [0.2, 0.25) is 0 Å². The lowest BCUT2D eigenvalue weighted by Crippen LogP contribution is -1.99. The monoisotopic (exact) mass is 700 g/mol. The van der Waals surface area contributed by atoms with Crippen LogP contribution in [0, 0.1) is 0 Å². The highest BCUT2D eigenvalue weighted by molar-refractivity contribution is 6.25. The number of para-hydroxylation sites is 3. The van der Waals surface area contributed by atoms with Crippen molar-refractivity contribution in [3.63, 3.8) is 0 Å². The number of benzene rings is 9. The maximum Gasteiger partial charge on any atom is 0.138 e. The van der Waals surface area contributed by atoms with Crippen molar-refractivity contribution in [2.24, 2.45) is 0 Å². The summed E-state index contributed by atoms with van der Waals surface area (Å²) in [6.07, 6.45) is 0. The number of rotatable bonds is 4. The van der Waals surface area contributed by atoms with Crippen LogP contribution >= 0.6 is 0 Å². The van der Waals surface area contributed by atoms with E-state index in [1.165, 1.54) is 60.2 Å². The third-order valence-electron chi connectivity index (χ3n) is 11.5. The molecule has 0 saturated carbocycles. The smallest absolute Gasteiger partial charge is 0.138 e. The molecule has 0 N–H and O–H groups in total. The fourth-order valence-electron chi connectivity index (χ4n) is 9.05. The van der Waals surface area contributed by atoms with Crippen LogP contribution in [0.15, 0.2) is 194 Å². The SMILES string of the molecule is c1ccc(-c2ccc3c(c2)c2ccccc2n3-c2ccc(-c3ccc4c(c3)Oc3cc5c(c6cccc-4c36)c3ccccc3n5-c3ccccc3)cc2)cc1. The Morgan fingerprint density at radius 3 is 1.69 bits per heavy atom. The molecule has 0 atom stereocenters. The largest absolute Gasteiger partial charge is 0.456 e. The lowest BCUT2D eigenvalue weighted by molar-refractivity contribution is 0.488. The highest BCUT2D eigenvalue weighted by atomic mass is 16.5. The average Bonchev–Trinajstić information content (AvgIpc) is 3.77. The minimum absolute atomic E-state index is 0.875. The molecule has 3 heterocycles. The number of hydrogen-bond acceptors (Lipinski definition) is 1. The van der Waals surface area contributed by atoms with E-state index in [-0.39, 0.29) is 0 Å². The van der Waals surface area contributed by atoms with Crippen molar-refractivity contribution < 1.29 is 4.74 Å². The van der Waals surface area contributed by atoms with Gasteiger partial charge in [0.15, 0.2) is 0 Å². The summed E-state index contributed by atoms with van der Waals surface area (Å²) in [4.78, 5) is 0. The van der Waals surface area contributed by atoms with Gasteiger partial charge in [0.1, 0.15) is 11.5 Å². The number of ether oxygens (including phenoxy) is 1. The van der Waals surface area contributed by atoms with Gasteiger partial charge in [-0.1, -0.05) is 127 Å². The zero-order valence-corrected chi connectivity index (χ0v) is 29.8. The first-order chi connectivity index (χ1) is 27.3. The molecule has 256 valence electrons. The van der Waals surface area contributed by atoms with Crippen molar-refractivity contribution in [1.29, 1.82) is 0 Å². The van der Waals surface area contributed by atoms with Crippen LogP contribution in [0.1, 0.15) is 0 Å². The predicted molar refractivity (Wildman–Crippen MR) is 229 cm³/mol. The van der Waals surface area contributed by atoms with Crippen molar-refractivity contribution in [3.8, 4) is 56.3 Å². The van der Waals surface area contributed by atoms with Crippen molar-refractivity contribution in [2.45, 2.75) is 0 Å². The number of fused-ring (bicyclic) bond motifs is 9. The topological polar surface area (TPSA) is 19.1 Å². The normalized spacial score (nSPS) is 12.1. The lowest BCUT2D eigenvalue weighted by Gasteiger charge is -2.23. The maximum absolute atomic E-state index is 6.91. The van der Waals surface area contributed by atoms with Crippen molar-refractivity contribution >= 4 is 54.4 Å². The molecule has 0 amide bonds. The summed E-state index contributed by atoms with van der Waals surface area (Å²) in [5, 5.41) is 7.38. The Bertz CT molecular complexity index is 3320. The van der Waals surface area contributed by atoms with Gasteiger partial charge in [0.05, 0.1) is 22.1 Å². The van der Waals surface area contributed by atoms with Gasteiger partial charge in [-0.3, -0.25) is 0 Å². The Labute approximate surface area is 317 Å². The van der Waals surface area contributed by atoms with Crippen molar-refractivity contribution in [2.75, 3.05) is 0 Å². The molecule has 1 aliphatic heterocycles. The van der Waals surface area contributed by atoms with E-state index in [1.807, 2.05) is 0 Å². The van der Waals surface area contributed by atoms with Gasteiger partial charge in [-0.05, 0) is 93.9 Å². The molecule has 0 bridgehead atoms. The third-order valence-corrected chi connectivity index (χ3v) is 11.5. The van der Waals surface area contributed by atoms with E-state index >= 15 is 0 Å². The van der Waals surface area contributed by atoms with Crippen LogP contribution < -0.4 is 4.74 Å². The molecule has 12 rings (SSSR count). The molecule has 2 aromatic heterocycles. The second kappa shape index (κ2) is 11.6. The van der Waals surface area contributed by atoms with Gasteiger partial charge < -0.3 is 13.9 Å². The zero-order valence-electron chi connectivity index (χ0n) is 29.8. The number of hydrogen-bond donors (Lipinski definition) is 0. The fraction of sp³-hybridized carbons (Fsp3) is 0. The summed E-state index contributed by atoms with van der Waals surface area (Å²) in [5.74, 6) is 1.76. The molecule has 1 aliphatic rings. The van der Waals surface area contributed by atoms with Gasteiger partial charge in [0.25, 0.3) is 0 Å². The summed E-state index contributed by atoms with van der Waals surface area (Å²) in [6, 6.07) is 70.0. The summed E-state index contributed by atoms with van der Waals surface area (Å²) in [6.45, 7) is 0. The van der Waals surface area contributed by atoms with Crippen LogP contribution in [0.25, 0.3) is 99.1 Å². The van der Waals surface area contributed by atoms with Crippen LogP contribution in [-0.2, 0) is 0 Å². The van der Waals surface area contributed by atoms with Crippen molar-refractivity contribution in [3.05, 3.63) is 194 Å². The zero-order chi connectivity index (χ0) is 36.0. The van der Waals surface area contributed by atoms with Gasteiger partial charge in [-0.2, -0.15) is 0 Å². The molecule has 9 aromatic carbocycles. The standard InChI is InChI=1S/C52H32N2O/c1-3-12-33(13-4-1)35-25-29-47-44(30-35)39-16-7-9-20-45(39)53(47)38-26-22-34(23-27-38)36-24-28-40-41-18-11-19-43-51-42-17-8-10-21-46(42)54(37-14-5-2-6-15-37)48(51)32-50(52(41)43)55-49(40)31-36/h1-32H. The Kier molecular flexibility index (Phi) is 6.34. The van der Waals surface area contributed by atoms with E-state index in [1.54, 1.807) is 0 Å². The van der Waals surface area contributed by atoms with E-state index in [0.717, 1.165) is 50.5 Å². The molecular weight excluding hydrogens is 669 g/mol. The Balaban J connectivity index is 0.962. The van der Waals surface area contributed by atoms with Gasteiger partial charge >= 0.3 is 0 Å². The van der Waals surface area contributed by atoms with Crippen LogP contribution in [0.5, 0.6) is 11.5 Å². The van der Waals surface area contributed by atoms with Gasteiger partial charge in [-0.25, -0.2) is 0 Å². The molecule has 0 fully saturated rings. The molecular formula is C52H32N2O. The van der Waals surface area contributed by atoms with Crippen molar-refractivity contribution in [1.82, 2.24) is 9.13 Å². The molecule has 55 heavy (non-hydrogen) atoms. The fourth-order valence-corrected chi connectivity index (χ4v) is 9.05. The van der Waals surface area contributed by atoms with E-state index in [2.05, 4.69) is 203 Å². The molecule has 11 aromatic rings. The Morgan fingerprint density at radius 1 is 0.291 bits per heavy atom. The Hall–Kier alpha value is -7.36. The average molecular weight is 701 g/mol. The predicted octanol–water partition coefficient (Wildman–Crippen LogP) is 14.1. The molecule has 3 heteroatoms. The molecule has 0 radical (unpaired) electrons. The van der Waals surface area contributed by atoms with Gasteiger partial charge in [-0.15, -0.1) is 0 Å². The second-order valence-electron chi connectivity index (χ2n) is 14.5. The first kappa shape index (κ1) is 30.1. The summed E-state index contributed by atoms with van der Waals surface area (Å²) >= 11 is 0. The van der Waals surface area contributed by atoms with Crippen LogP contribution in [0.4, 0.5) is 0 Å². The van der Waals surface area contributed by atoms with Gasteiger partial charge in [0, 0.05) is 49.9 Å². The van der Waals surface area contributed by atoms with E-state index in [4.69, 9.17) is 4.74 Å². The maximum atomic E-state index is 6.91. The highest BCUT2D eigenvalue weighted by Crippen LogP contribution is 2.51. The van der Waals surface area contributed by atoms with E-state index in [0.29, 0.717) is 0 Å². The van der Waals surface area contributed by atoms with E-state index < -0.39 is 0 Å². The first-order valence-electron chi connectivity index (χ1n) is 18.8. The second-order valence-corrected chi connectivity index (χ2v) is 14.5. The van der Waals surface area contributed by atoms with Crippen LogP contribution in [0.3, 0.4) is 0 Å². The van der Waals surface area contributed by atoms with E-state index in [9.17, 15) is 0 Å². The quantitative estimate of drug-likeness (QED) is 0.179. The number of aromatic nitrogens is 2. The molecule has 0 unspecified atom stereocenters. The van der Waals surface area contributed by atoms with Crippen LogP contribution in [-0.4, -0.2) is 9.13 Å².